The first-order valence-electron chi connectivity index (χ1n) is 7.80. The average Bonchev–Trinajstić information content (AvgIpc) is 3.02. The van der Waals surface area contributed by atoms with E-state index in [4.69, 9.17) is 11.6 Å². The summed E-state index contributed by atoms with van der Waals surface area (Å²) in [5.74, 6) is -2.28. The van der Waals surface area contributed by atoms with Gasteiger partial charge < -0.3 is 9.30 Å². The molecule has 0 bridgehead atoms. The van der Waals surface area contributed by atoms with E-state index in [0.29, 0.717) is 11.6 Å². The van der Waals surface area contributed by atoms with Gasteiger partial charge in [0.2, 0.25) is 5.78 Å². The highest BCUT2D eigenvalue weighted by Gasteiger charge is 2.17. The predicted molar refractivity (Wildman–Crippen MR) is 95.3 cm³/mol. The molecule has 0 saturated carbocycles. The lowest BCUT2D eigenvalue weighted by molar-refractivity contribution is -0.154. The van der Waals surface area contributed by atoms with E-state index in [-0.39, 0.29) is 6.61 Å². The van der Waals surface area contributed by atoms with Crippen LogP contribution in [0.4, 0.5) is 0 Å². The molecule has 0 spiro atoms. The van der Waals surface area contributed by atoms with Crippen LogP contribution in [0, 0.1) is 0 Å². The SMILES string of the molecule is CCOC(=O)C(=O)CC(=O)/C=C/c1cccn1Cc1ccccc1Cl. The molecule has 1 aromatic carbocycles. The molecule has 5 nitrogen and oxygen atoms in total. The minimum atomic E-state index is -0.980. The van der Waals surface area contributed by atoms with E-state index in [1.165, 1.54) is 6.08 Å². The van der Waals surface area contributed by atoms with Crippen LogP contribution < -0.4 is 0 Å². The number of allylic oxidation sites excluding steroid dienone is 1. The summed E-state index contributed by atoms with van der Waals surface area (Å²) in [6, 6.07) is 11.2. The van der Waals surface area contributed by atoms with E-state index in [1.54, 1.807) is 13.0 Å². The molecule has 0 fully saturated rings. The summed E-state index contributed by atoms with van der Waals surface area (Å²) in [5, 5.41) is 0.669. The van der Waals surface area contributed by atoms with Gasteiger partial charge >= 0.3 is 5.97 Å². The number of aromatic nitrogens is 1. The van der Waals surface area contributed by atoms with E-state index in [0.717, 1.165) is 11.3 Å². The Balaban J connectivity index is 2.01. The van der Waals surface area contributed by atoms with Crippen LogP contribution in [-0.2, 0) is 25.7 Å². The quantitative estimate of drug-likeness (QED) is 0.314. The molecule has 1 heterocycles. The fraction of sp³-hybridized carbons (Fsp3) is 0.211. The molecule has 0 amide bonds. The van der Waals surface area contributed by atoms with Gasteiger partial charge in [-0.15, -0.1) is 0 Å². The number of Topliss-reactive ketones (excluding diaryl/α,β-unsaturated/α-hetero) is 1. The first-order valence-corrected chi connectivity index (χ1v) is 8.18. The van der Waals surface area contributed by atoms with Crippen molar-refractivity contribution in [3.63, 3.8) is 0 Å². The smallest absolute Gasteiger partial charge is 0.375 e. The Morgan fingerprint density at radius 3 is 2.64 bits per heavy atom. The highest BCUT2D eigenvalue weighted by molar-refractivity contribution is 6.37. The number of rotatable bonds is 8. The minimum absolute atomic E-state index is 0.101. The van der Waals surface area contributed by atoms with Crippen molar-refractivity contribution >= 4 is 35.2 Å². The second-order valence-corrected chi connectivity index (χ2v) is 5.68. The molecule has 0 radical (unpaired) electrons. The second kappa shape index (κ2) is 8.99. The molecular formula is C19H18ClNO4. The molecular weight excluding hydrogens is 342 g/mol. The number of carbonyl (C=O) groups is 3. The first kappa shape index (κ1) is 18.7. The molecule has 2 aromatic rings. The highest BCUT2D eigenvalue weighted by atomic mass is 35.5. The van der Waals surface area contributed by atoms with Gasteiger partial charge in [-0.05, 0) is 42.8 Å². The standard InChI is InChI=1S/C19H18ClNO4/c1-2-25-19(24)18(23)12-16(22)10-9-15-7-5-11-21(15)13-14-6-3-4-8-17(14)20/h3-11H,2,12-13H2,1H3/b10-9+. The summed E-state index contributed by atoms with van der Waals surface area (Å²) in [7, 11) is 0. The largest absolute Gasteiger partial charge is 0.460 e. The number of hydrogen-bond donors (Lipinski definition) is 0. The zero-order valence-electron chi connectivity index (χ0n) is 13.8. The molecule has 0 aliphatic carbocycles. The lowest BCUT2D eigenvalue weighted by atomic mass is 10.2. The Hall–Kier alpha value is -2.66. The van der Waals surface area contributed by atoms with Crippen LogP contribution in [0.2, 0.25) is 5.02 Å². The van der Waals surface area contributed by atoms with Crippen LogP contribution in [0.15, 0.2) is 48.7 Å². The van der Waals surface area contributed by atoms with Gasteiger partial charge in [-0.2, -0.15) is 0 Å². The predicted octanol–water partition coefficient (Wildman–Crippen LogP) is 3.29. The van der Waals surface area contributed by atoms with Crippen LogP contribution in [0.25, 0.3) is 6.08 Å². The summed E-state index contributed by atoms with van der Waals surface area (Å²) in [6.07, 6.45) is 4.27. The summed E-state index contributed by atoms with van der Waals surface area (Å²) in [4.78, 5) is 34.6. The van der Waals surface area contributed by atoms with Gasteiger partial charge in [-0.25, -0.2) is 4.79 Å². The van der Waals surface area contributed by atoms with Crippen molar-refractivity contribution in [2.45, 2.75) is 19.9 Å². The van der Waals surface area contributed by atoms with Crippen LogP contribution in [-0.4, -0.2) is 28.7 Å². The van der Waals surface area contributed by atoms with Gasteiger partial charge in [0.1, 0.15) is 0 Å². The molecule has 1 aromatic heterocycles. The highest BCUT2D eigenvalue weighted by Crippen LogP contribution is 2.18. The molecule has 2 rings (SSSR count). The number of carbonyl (C=O) groups excluding carboxylic acids is 3. The molecule has 0 aliphatic heterocycles. The molecule has 130 valence electrons. The van der Waals surface area contributed by atoms with Crippen molar-refractivity contribution in [2.75, 3.05) is 6.61 Å². The number of hydrogen-bond acceptors (Lipinski definition) is 4. The maximum absolute atomic E-state index is 11.8. The Morgan fingerprint density at radius 2 is 1.92 bits per heavy atom. The Kier molecular flexibility index (Phi) is 6.71. The van der Waals surface area contributed by atoms with Gasteiger partial charge in [-0.3, -0.25) is 9.59 Å². The molecule has 0 saturated heterocycles. The van der Waals surface area contributed by atoms with E-state index in [9.17, 15) is 14.4 Å². The molecule has 0 aliphatic rings. The fourth-order valence-corrected chi connectivity index (χ4v) is 2.41. The van der Waals surface area contributed by atoms with Crippen molar-refractivity contribution in [1.82, 2.24) is 4.57 Å². The fourth-order valence-electron chi connectivity index (χ4n) is 2.21. The topological polar surface area (TPSA) is 65.4 Å². The van der Waals surface area contributed by atoms with Gasteiger partial charge in [0.25, 0.3) is 0 Å². The first-order chi connectivity index (χ1) is 12.0. The van der Waals surface area contributed by atoms with Gasteiger partial charge in [0.05, 0.1) is 13.0 Å². The summed E-state index contributed by atoms with van der Waals surface area (Å²) in [5.41, 5.74) is 1.75. The zero-order valence-corrected chi connectivity index (χ0v) is 14.5. The van der Waals surface area contributed by atoms with Gasteiger partial charge in [0.15, 0.2) is 5.78 Å². The van der Waals surface area contributed by atoms with Crippen LogP contribution in [0.1, 0.15) is 24.6 Å². The van der Waals surface area contributed by atoms with Crippen molar-refractivity contribution < 1.29 is 19.1 Å². The Bertz CT molecular complexity index is 807. The molecule has 0 unspecified atom stereocenters. The maximum Gasteiger partial charge on any atom is 0.375 e. The maximum atomic E-state index is 11.8. The van der Waals surface area contributed by atoms with Crippen LogP contribution >= 0.6 is 11.6 Å². The number of halogens is 1. The van der Waals surface area contributed by atoms with E-state index >= 15 is 0 Å². The van der Waals surface area contributed by atoms with E-state index in [1.807, 2.05) is 47.2 Å². The third kappa shape index (κ3) is 5.43. The van der Waals surface area contributed by atoms with E-state index < -0.39 is 24.0 Å². The van der Waals surface area contributed by atoms with Crippen molar-refractivity contribution in [1.29, 1.82) is 0 Å². The molecule has 0 N–H and O–H groups in total. The molecule has 0 atom stereocenters. The summed E-state index contributed by atoms with van der Waals surface area (Å²) < 4.78 is 6.50. The number of benzene rings is 1. The van der Waals surface area contributed by atoms with Crippen molar-refractivity contribution in [3.8, 4) is 0 Å². The lowest BCUT2D eigenvalue weighted by Crippen LogP contribution is -2.19. The van der Waals surface area contributed by atoms with Crippen molar-refractivity contribution in [2.24, 2.45) is 0 Å². The van der Waals surface area contributed by atoms with Gasteiger partial charge in [0, 0.05) is 23.5 Å². The Morgan fingerprint density at radius 1 is 1.16 bits per heavy atom. The summed E-state index contributed by atoms with van der Waals surface area (Å²) >= 11 is 6.17. The lowest BCUT2D eigenvalue weighted by Gasteiger charge is -2.08. The number of ketones is 2. The van der Waals surface area contributed by atoms with Crippen LogP contribution in [0.5, 0.6) is 0 Å². The second-order valence-electron chi connectivity index (χ2n) is 5.27. The Labute approximate surface area is 150 Å². The zero-order chi connectivity index (χ0) is 18.2. The minimum Gasteiger partial charge on any atom is -0.460 e. The molecule has 6 heteroatoms. The van der Waals surface area contributed by atoms with Gasteiger partial charge in [-0.1, -0.05) is 29.8 Å². The normalized spacial score (nSPS) is 10.8. The number of esters is 1. The molecule has 25 heavy (non-hydrogen) atoms. The number of nitrogens with zero attached hydrogens (tertiary/aromatic N) is 1. The summed E-state index contributed by atoms with van der Waals surface area (Å²) in [6.45, 7) is 2.26. The van der Waals surface area contributed by atoms with Crippen LogP contribution in [0.3, 0.4) is 0 Å². The number of ether oxygens (including phenoxy) is 1. The van der Waals surface area contributed by atoms with E-state index in [2.05, 4.69) is 4.74 Å². The monoisotopic (exact) mass is 359 g/mol. The third-order valence-electron chi connectivity index (χ3n) is 3.44. The average molecular weight is 360 g/mol. The van der Waals surface area contributed by atoms with Crippen molar-refractivity contribution in [3.05, 3.63) is 65.0 Å². The third-order valence-corrected chi connectivity index (χ3v) is 3.81.